The highest BCUT2D eigenvalue weighted by Gasteiger charge is 2.12. The van der Waals surface area contributed by atoms with Crippen molar-refractivity contribution in [2.75, 3.05) is 6.61 Å². The van der Waals surface area contributed by atoms with E-state index in [4.69, 9.17) is 4.74 Å². The number of hydrogen-bond donors (Lipinski definition) is 0. The molecule has 0 aliphatic carbocycles. The normalized spacial score (nSPS) is 10.9. The van der Waals surface area contributed by atoms with Crippen molar-refractivity contribution in [3.05, 3.63) is 11.8 Å². The van der Waals surface area contributed by atoms with E-state index in [1.807, 2.05) is 4.68 Å². The molecule has 3 heteroatoms. The van der Waals surface area contributed by atoms with Crippen LogP contribution in [0.15, 0.2) is 6.20 Å². The van der Waals surface area contributed by atoms with Gasteiger partial charge in [0.1, 0.15) is 0 Å². The van der Waals surface area contributed by atoms with Gasteiger partial charge in [0.15, 0.2) is 0 Å². The van der Waals surface area contributed by atoms with Crippen LogP contribution >= 0.6 is 0 Å². The first-order valence-corrected chi connectivity index (χ1v) is 5.39. The SMILES string of the molecule is CCCOc1nn(CC)cc1C(C)C. The van der Waals surface area contributed by atoms with Gasteiger partial charge in [-0.25, -0.2) is 0 Å². The Hall–Kier alpha value is -0.990. The van der Waals surface area contributed by atoms with Gasteiger partial charge in [0.25, 0.3) is 0 Å². The lowest BCUT2D eigenvalue weighted by Crippen LogP contribution is -1.99. The zero-order valence-electron chi connectivity index (χ0n) is 9.58. The first-order chi connectivity index (χ1) is 6.69. The van der Waals surface area contributed by atoms with Crippen LogP contribution in [-0.2, 0) is 6.54 Å². The molecule has 0 radical (unpaired) electrons. The van der Waals surface area contributed by atoms with Gasteiger partial charge in [-0.1, -0.05) is 20.8 Å². The minimum atomic E-state index is 0.474. The van der Waals surface area contributed by atoms with E-state index in [0.29, 0.717) is 5.92 Å². The smallest absolute Gasteiger partial charge is 0.236 e. The van der Waals surface area contributed by atoms with E-state index in [2.05, 4.69) is 39.0 Å². The Morgan fingerprint density at radius 3 is 2.64 bits per heavy atom. The minimum absolute atomic E-state index is 0.474. The number of aromatic nitrogens is 2. The molecule has 1 aromatic rings. The molecule has 0 fully saturated rings. The number of nitrogens with zero attached hydrogens (tertiary/aromatic N) is 2. The van der Waals surface area contributed by atoms with E-state index >= 15 is 0 Å². The van der Waals surface area contributed by atoms with Gasteiger partial charge >= 0.3 is 0 Å². The molecule has 1 aromatic heterocycles. The predicted octanol–water partition coefficient (Wildman–Crippen LogP) is 2.82. The number of rotatable bonds is 5. The molecule has 0 saturated carbocycles. The van der Waals surface area contributed by atoms with Gasteiger partial charge in [0, 0.05) is 18.3 Å². The average molecular weight is 196 g/mol. The monoisotopic (exact) mass is 196 g/mol. The van der Waals surface area contributed by atoms with Crippen molar-refractivity contribution in [2.24, 2.45) is 0 Å². The molecule has 1 heterocycles. The van der Waals surface area contributed by atoms with Crippen LogP contribution in [-0.4, -0.2) is 16.4 Å². The van der Waals surface area contributed by atoms with E-state index < -0.39 is 0 Å². The summed E-state index contributed by atoms with van der Waals surface area (Å²) in [5, 5.41) is 4.38. The van der Waals surface area contributed by atoms with Gasteiger partial charge < -0.3 is 4.74 Å². The highest BCUT2D eigenvalue weighted by molar-refractivity contribution is 5.26. The highest BCUT2D eigenvalue weighted by Crippen LogP contribution is 2.24. The Balaban J connectivity index is 2.82. The summed E-state index contributed by atoms with van der Waals surface area (Å²) < 4.78 is 7.53. The summed E-state index contributed by atoms with van der Waals surface area (Å²) in [5.41, 5.74) is 1.21. The summed E-state index contributed by atoms with van der Waals surface area (Å²) in [6.07, 6.45) is 3.10. The Morgan fingerprint density at radius 2 is 2.14 bits per heavy atom. The summed E-state index contributed by atoms with van der Waals surface area (Å²) in [6, 6.07) is 0. The quantitative estimate of drug-likeness (QED) is 0.724. The summed E-state index contributed by atoms with van der Waals surface area (Å²) >= 11 is 0. The molecule has 0 spiro atoms. The fourth-order valence-corrected chi connectivity index (χ4v) is 1.29. The highest BCUT2D eigenvalue weighted by atomic mass is 16.5. The molecule has 0 bridgehead atoms. The Labute approximate surface area is 86.1 Å². The Morgan fingerprint density at radius 1 is 1.43 bits per heavy atom. The number of ether oxygens (including phenoxy) is 1. The topological polar surface area (TPSA) is 27.1 Å². The number of aryl methyl sites for hydroxylation is 1. The molecule has 14 heavy (non-hydrogen) atoms. The molecule has 0 aromatic carbocycles. The second kappa shape index (κ2) is 5.03. The summed E-state index contributed by atoms with van der Waals surface area (Å²) in [7, 11) is 0. The van der Waals surface area contributed by atoms with Crippen LogP contribution in [0.3, 0.4) is 0 Å². The van der Waals surface area contributed by atoms with Gasteiger partial charge in [-0.05, 0) is 19.3 Å². The Kier molecular flexibility index (Phi) is 3.98. The minimum Gasteiger partial charge on any atom is -0.476 e. The Bertz CT molecular complexity index is 279. The van der Waals surface area contributed by atoms with Crippen molar-refractivity contribution >= 4 is 0 Å². The molecule has 1 rings (SSSR count). The zero-order chi connectivity index (χ0) is 10.6. The van der Waals surface area contributed by atoms with Crippen LogP contribution in [0, 0.1) is 0 Å². The molecule has 0 atom stereocenters. The zero-order valence-corrected chi connectivity index (χ0v) is 9.58. The molecule has 0 saturated heterocycles. The summed E-state index contributed by atoms with van der Waals surface area (Å²) in [5.74, 6) is 1.28. The third-order valence-electron chi connectivity index (χ3n) is 2.14. The lowest BCUT2D eigenvalue weighted by molar-refractivity contribution is 0.297. The van der Waals surface area contributed by atoms with E-state index in [0.717, 1.165) is 25.5 Å². The van der Waals surface area contributed by atoms with Crippen molar-refractivity contribution in [3.8, 4) is 5.88 Å². The molecule has 0 aliphatic heterocycles. The third kappa shape index (κ3) is 2.50. The van der Waals surface area contributed by atoms with Gasteiger partial charge in [0.2, 0.25) is 5.88 Å². The van der Waals surface area contributed by atoms with Crippen LogP contribution in [0.1, 0.15) is 45.6 Å². The third-order valence-corrected chi connectivity index (χ3v) is 2.14. The standard InChI is InChI=1S/C11H20N2O/c1-5-7-14-11-10(9(3)4)8-13(6-2)12-11/h8-9H,5-7H2,1-4H3. The van der Waals surface area contributed by atoms with Gasteiger partial charge in [-0.15, -0.1) is 5.10 Å². The first-order valence-electron chi connectivity index (χ1n) is 5.39. The van der Waals surface area contributed by atoms with Crippen LogP contribution in [0.25, 0.3) is 0 Å². The predicted molar refractivity (Wildman–Crippen MR) is 57.8 cm³/mol. The summed E-state index contributed by atoms with van der Waals surface area (Å²) in [4.78, 5) is 0. The van der Waals surface area contributed by atoms with Gasteiger partial charge in [-0.2, -0.15) is 0 Å². The lowest BCUT2D eigenvalue weighted by atomic mass is 10.1. The molecule has 0 amide bonds. The lowest BCUT2D eigenvalue weighted by Gasteiger charge is -2.05. The van der Waals surface area contributed by atoms with Crippen LogP contribution < -0.4 is 4.74 Å². The van der Waals surface area contributed by atoms with Crippen molar-refractivity contribution in [1.29, 1.82) is 0 Å². The largest absolute Gasteiger partial charge is 0.476 e. The molecule has 0 N–H and O–H groups in total. The second-order valence-corrected chi connectivity index (χ2v) is 3.75. The maximum absolute atomic E-state index is 5.60. The maximum Gasteiger partial charge on any atom is 0.236 e. The van der Waals surface area contributed by atoms with E-state index in [9.17, 15) is 0 Å². The fourth-order valence-electron chi connectivity index (χ4n) is 1.29. The second-order valence-electron chi connectivity index (χ2n) is 3.75. The van der Waals surface area contributed by atoms with Crippen LogP contribution in [0.4, 0.5) is 0 Å². The molecular formula is C11H20N2O. The first kappa shape index (κ1) is 11.1. The molecular weight excluding hydrogens is 176 g/mol. The molecule has 80 valence electrons. The average Bonchev–Trinajstić information content (AvgIpc) is 2.58. The van der Waals surface area contributed by atoms with Gasteiger partial charge in [-0.3, -0.25) is 4.68 Å². The van der Waals surface area contributed by atoms with Crippen molar-refractivity contribution in [1.82, 2.24) is 9.78 Å². The molecule has 3 nitrogen and oxygen atoms in total. The molecule has 0 aliphatic rings. The van der Waals surface area contributed by atoms with E-state index in [-0.39, 0.29) is 0 Å². The van der Waals surface area contributed by atoms with Crippen molar-refractivity contribution < 1.29 is 4.74 Å². The van der Waals surface area contributed by atoms with Crippen LogP contribution in [0.5, 0.6) is 5.88 Å². The fraction of sp³-hybridized carbons (Fsp3) is 0.727. The van der Waals surface area contributed by atoms with Crippen LogP contribution in [0.2, 0.25) is 0 Å². The summed E-state index contributed by atoms with van der Waals surface area (Å²) in [6.45, 7) is 10.2. The van der Waals surface area contributed by atoms with E-state index in [1.54, 1.807) is 0 Å². The van der Waals surface area contributed by atoms with Crippen molar-refractivity contribution in [2.45, 2.75) is 46.6 Å². The maximum atomic E-state index is 5.60. The van der Waals surface area contributed by atoms with Crippen molar-refractivity contribution in [3.63, 3.8) is 0 Å². The molecule has 0 unspecified atom stereocenters. The van der Waals surface area contributed by atoms with Gasteiger partial charge in [0.05, 0.1) is 6.61 Å². The number of hydrogen-bond acceptors (Lipinski definition) is 2. The van der Waals surface area contributed by atoms with E-state index in [1.165, 1.54) is 5.56 Å².